The van der Waals surface area contributed by atoms with E-state index < -0.39 is 0 Å². The van der Waals surface area contributed by atoms with Gasteiger partial charge in [-0.1, -0.05) is 13.8 Å². The summed E-state index contributed by atoms with van der Waals surface area (Å²) in [5.74, 6) is 1.10. The van der Waals surface area contributed by atoms with Crippen molar-refractivity contribution in [1.82, 2.24) is 9.97 Å². The lowest BCUT2D eigenvalue weighted by Gasteiger charge is -2.15. The third-order valence-electron chi connectivity index (χ3n) is 3.16. The third kappa shape index (κ3) is 3.32. The van der Waals surface area contributed by atoms with Gasteiger partial charge in [0.2, 0.25) is 5.91 Å². The van der Waals surface area contributed by atoms with Crippen molar-refractivity contribution < 1.29 is 4.79 Å². The predicted octanol–water partition coefficient (Wildman–Crippen LogP) is 2.18. The molecule has 1 aromatic heterocycles. The molecule has 1 aromatic carbocycles. The average Bonchev–Trinajstić information content (AvgIpc) is 2.68. The molecule has 1 unspecified atom stereocenters. The number of carbonyl (C=O) groups excluding carboxylic acids is 1. The van der Waals surface area contributed by atoms with Crippen LogP contribution in [0.4, 0.5) is 5.69 Å². The van der Waals surface area contributed by atoms with Crippen molar-refractivity contribution in [2.75, 3.05) is 5.32 Å². The summed E-state index contributed by atoms with van der Waals surface area (Å²) >= 11 is 0. The van der Waals surface area contributed by atoms with Crippen LogP contribution in [0, 0.1) is 12.8 Å². The van der Waals surface area contributed by atoms with Gasteiger partial charge in [-0.15, -0.1) is 0 Å². The van der Waals surface area contributed by atoms with Crippen LogP contribution in [0.2, 0.25) is 0 Å². The Morgan fingerprint density at radius 2 is 2.21 bits per heavy atom. The molecule has 1 amide bonds. The van der Waals surface area contributed by atoms with E-state index >= 15 is 0 Å². The molecule has 1 heterocycles. The van der Waals surface area contributed by atoms with Crippen molar-refractivity contribution in [1.29, 1.82) is 0 Å². The first kappa shape index (κ1) is 13.5. The first-order chi connectivity index (χ1) is 8.95. The van der Waals surface area contributed by atoms with Crippen LogP contribution in [0.3, 0.4) is 0 Å². The molecule has 0 spiro atoms. The van der Waals surface area contributed by atoms with E-state index in [-0.39, 0.29) is 11.9 Å². The van der Waals surface area contributed by atoms with E-state index in [9.17, 15) is 4.79 Å². The lowest BCUT2D eigenvalue weighted by Crippen LogP contribution is -2.31. The minimum absolute atomic E-state index is 0.0585. The van der Waals surface area contributed by atoms with Crippen molar-refractivity contribution in [3.8, 4) is 0 Å². The summed E-state index contributed by atoms with van der Waals surface area (Å²) < 4.78 is 0. The van der Waals surface area contributed by atoms with Gasteiger partial charge < -0.3 is 16.0 Å². The number of nitrogens with zero attached hydrogens (tertiary/aromatic N) is 1. The van der Waals surface area contributed by atoms with Crippen molar-refractivity contribution in [3.05, 3.63) is 24.0 Å². The van der Waals surface area contributed by atoms with E-state index in [4.69, 9.17) is 5.73 Å². The van der Waals surface area contributed by atoms with Gasteiger partial charge in [0.1, 0.15) is 5.82 Å². The lowest BCUT2D eigenvalue weighted by atomic mass is 10.0. The number of nitrogens with one attached hydrogen (secondary N) is 2. The molecule has 0 aliphatic rings. The number of aromatic amines is 1. The number of amides is 1. The summed E-state index contributed by atoms with van der Waals surface area (Å²) in [7, 11) is 0. The van der Waals surface area contributed by atoms with E-state index in [1.54, 1.807) is 0 Å². The van der Waals surface area contributed by atoms with Crippen molar-refractivity contribution in [2.24, 2.45) is 11.7 Å². The number of hydrogen-bond acceptors (Lipinski definition) is 3. The number of hydrogen-bond donors (Lipinski definition) is 3. The molecule has 2 rings (SSSR count). The van der Waals surface area contributed by atoms with Gasteiger partial charge in [-0.2, -0.15) is 0 Å². The van der Waals surface area contributed by atoms with Crippen LogP contribution in [-0.2, 0) is 4.79 Å². The summed E-state index contributed by atoms with van der Waals surface area (Å²) in [4.78, 5) is 19.3. The van der Waals surface area contributed by atoms with Crippen molar-refractivity contribution in [2.45, 2.75) is 33.2 Å². The van der Waals surface area contributed by atoms with Gasteiger partial charge in [-0.25, -0.2) is 4.98 Å². The number of H-pyrrole nitrogens is 1. The predicted molar refractivity (Wildman–Crippen MR) is 76.9 cm³/mol. The number of aromatic nitrogens is 2. The van der Waals surface area contributed by atoms with E-state index in [0.717, 1.165) is 22.5 Å². The summed E-state index contributed by atoms with van der Waals surface area (Å²) in [5.41, 5.74) is 8.47. The molecule has 0 radical (unpaired) electrons. The summed E-state index contributed by atoms with van der Waals surface area (Å²) in [6.07, 6.45) is 0.331. The fourth-order valence-electron chi connectivity index (χ4n) is 1.88. The molecular formula is C14H20N4O. The molecular weight excluding hydrogens is 240 g/mol. The number of benzene rings is 1. The van der Waals surface area contributed by atoms with Crippen LogP contribution < -0.4 is 11.1 Å². The Balaban J connectivity index is 2.06. The molecule has 102 valence electrons. The second-order valence-electron chi connectivity index (χ2n) is 5.21. The molecule has 5 heteroatoms. The average molecular weight is 260 g/mol. The maximum Gasteiger partial charge on any atom is 0.225 e. The fraction of sp³-hybridized carbons (Fsp3) is 0.429. The van der Waals surface area contributed by atoms with Gasteiger partial charge in [0.25, 0.3) is 0 Å². The molecule has 0 bridgehead atoms. The van der Waals surface area contributed by atoms with Gasteiger partial charge in [-0.05, 0) is 31.0 Å². The van der Waals surface area contributed by atoms with E-state index in [2.05, 4.69) is 15.3 Å². The third-order valence-corrected chi connectivity index (χ3v) is 3.16. The van der Waals surface area contributed by atoms with Crippen LogP contribution in [0.25, 0.3) is 11.0 Å². The highest BCUT2D eigenvalue weighted by molar-refractivity contribution is 5.93. The molecule has 0 saturated carbocycles. The Morgan fingerprint density at radius 1 is 1.47 bits per heavy atom. The van der Waals surface area contributed by atoms with Crippen LogP contribution in [0.15, 0.2) is 18.2 Å². The Morgan fingerprint density at radius 3 is 2.89 bits per heavy atom. The maximum atomic E-state index is 11.9. The van der Waals surface area contributed by atoms with E-state index in [1.165, 1.54) is 0 Å². The Labute approximate surface area is 112 Å². The van der Waals surface area contributed by atoms with Gasteiger partial charge in [-0.3, -0.25) is 4.79 Å². The monoisotopic (exact) mass is 260 g/mol. The number of aryl methyl sites for hydroxylation is 1. The number of imidazole rings is 1. The van der Waals surface area contributed by atoms with Crippen molar-refractivity contribution >= 4 is 22.6 Å². The van der Waals surface area contributed by atoms with Crippen LogP contribution in [-0.4, -0.2) is 21.9 Å². The second-order valence-corrected chi connectivity index (χ2v) is 5.21. The highest BCUT2D eigenvalue weighted by Gasteiger charge is 2.13. The standard InChI is InChI=1S/C14H20N4O/c1-8(2)11(15)7-14(19)18-10-4-5-12-13(6-10)17-9(3)16-12/h4-6,8,11H,7,15H2,1-3H3,(H,16,17)(H,18,19). The number of fused-ring (bicyclic) bond motifs is 1. The smallest absolute Gasteiger partial charge is 0.225 e. The molecule has 19 heavy (non-hydrogen) atoms. The quantitative estimate of drug-likeness (QED) is 0.787. The van der Waals surface area contributed by atoms with Gasteiger partial charge in [0, 0.05) is 18.2 Å². The molecule has 5 nitrogen and oxygen atoms in total. The maximum absolute atomic E-state index is 11.9. The number of rotatable bonds is 4. The first-order valence-corrected chi connectivity index (χ1v) is 6.47. The minimum atomic E-state index is -0.113. The van der Waals surface area contributed by atoms with Gasteiger partial charge >= 0.3 is 0 Å². The first-order valence-electron chi connectivity index (χ1n) is 6.47. The Hall–Kier alpha value is -1.88. The molecule has 2 aromatic rings. The zero-order valence-electron chi connectivity index (χ0n) is 11.5. The second kappa shape index (κ2) is 5.40. The topological polar surface area (TPSA) is 83.8 Å². The Bertz CT molecular complexity index is 588. The zero-order valence-corrected chi connectivity index (χ0v) is 11.5. The lowest BCUT2D eigenvalue weighted by molar-refractivity contribution is -0.116. The zero-order chi connectivity index (χ0) is 14.0. The minimum Gasteiger partial charge on any atom is -0.342 e. The number of carbonyl (C=O) groups is 1. The van der Waals surface area contributed by atoms with Crippen LogP contribution >= 0.6 is 0 Å². The van der Waals surface area contributed by atoms with Gasteiger partial charge in [0.15, 0.2) is 0 Å². The highest BCUT2D eigenvalue weighted by Crippen LogP contribution is 2.17. The largest absolute Gasteiger partial charge is 0.342 e. The summed E-state index contributed by atoms with van der Waals surface area (Å²) in [6.45, 7) is 5.93. The molecule has 4 N–H and O–H groups in total. The van der Waals surface area contributed by atoms with Crippen LogP contribution in [0.1, 0.15) is 26.1 Å². The SMILES string of the molecule is Cc1nc2ccc(NC(=O)CC(N)C(C)C)cc2[nH]1. The van der Waals surface area contributed by atoms with Crippen molar-refractivity contribution in [3.63, 3.8) is 0 Å². The summed E-state index contributed by atoms with van der Waals surface area (Å²) in [6, 6.07) is 5.50. The van der Waals surface area contributed by atoms with Crippen LogP contribution in [0.5, 0.6) is 0 Å². The number of anilines is 1. The fourth-order valence-corrected chi connectivity index (χ4v) is 1.88. The molecule has 0 fully saturated rings. The molecule has 0 aliphatic carbocycles. The normalized spacial score (nSPS) is 12.9. The summed E-state index contributed by atoms with van der Waals surface area (Å²) in [5, 5.41) is 2.86. The Kier molecular flexibility index (Phi) is 3.85. The highest BCUT2D eigenvalue weighted by atomic mass is 16.1. The molecule has 0 saturated heterocycles. The van der Waals surface area contributed by atoms with E-state index in [0.29, 0.717) is 12.3 Å². The van der Waals surface area contributed by atoms with Gasteiger partial charge in [0.05, 0.1) is 11.0 Å². The molecule has 1 atom stereocenters. The van der Waals surface area contributed by atoms with E-state index in [1.807, 2.05) is 39.0 Å². The molecule has 0 aliphatic heterocycles. The number of nitrogens with two attached hydrogens (primary N) is 1.